The number of nitro groups is 1. The lowest BCUT2D eigenvalue weighted by molar-refractivity contribution is -0.383. The van der Waals surface area contributed by atoms with E-state index in [1.54, 1.807) is 55.5 Å². The van der Waals surface area contributed by atoms with E-state index in [-0.39, 0.29) is 11.4 Å². The highest BCUT2D eigenvalue weighted by molar-refractivity contribution is 6.36. The largest absolute Gasteiger partial charge is 0.316 e. The molecule has 0 aliphatic heterocycles. The van der Waals surface area contributed by atoms with E-state index < -0.39 is 10.8 Å². The van der Waals surface area contributed by atoms with Crippen molar-refractivity contribution in [1.29, 1.82) is 0 Å². The minimum absolute atomic E-state index is 0.115. The fourth-order valence-electron chi connectivity index (χ4n) is 3.47. The SMILES string of the molecule is Cc1c(-c2ccc(Cl)cc2Cl)nc2ccccc2c1C(=O)Nc1ccccc1[N+](=O)[O-]. The number of halogens is 2. The van der Waals surface area contributed by atoms with Crippen LogP contribution in [0.5, 0.6) is 0 Å². The zero-order chi connectivity index (χ0) is 22.1. The molecule has 3 aromatic carbocycles. The molecule has 1 N–H and O–H groups in total. The van der Waals surface area contributed by atoms with Crippen LogP contribution in [0, 0.1) is 17.0 Å². The van der Waals surface area contributed by atoms with E-state index in [2.05, 4.69) is 5.32 Å². The number of pyridine rings is 1. The van der Waals surface area contributed by atoms with Crippen molar-refractivity contribution in [2.75, 3.05) is 5.32 Å². The molecular weight excluding hydrogens is 437 g/mol. The summed E-state index contributed by atoms with van der Waals surface area (Å²) < 4.78 is 0. The average molecular weight is 452 g/mol. The Hall–Kier alpha value is -3.48. The summed E-state index contributed by atoms with van der Waals surface area (Å²) in [6.07, 6.45) is 0. The third-order valence-corrected chi connectivity index (χ3v) is 5.45. The number of amides is 1. The maximum absolute atomic E-state index is 13.3. The van der Waals surface area contributed by atoms with Crippen molar-refractivity contribution in [3.8, 4) is 11.3 Å². The van der Waals surface area contributed by atoms with Gasteiger partial charge in [-0.25, -0.2) is 4.98 Å². The number of benzene rings is 3. The number of carbonyl (C=O) groups excluding carboxylic acids is 1. The van der Waals surface area contributed by atoms with Gasteiger partial charge in [-0.2, -0.15) is 0 Å². The van der Waals surface area contributed by atoms with Gasteiger partial charge in [0.15, 0.2) is 0 Å². The molecule has 0 radical (unpaired) electrons. The van der Waals surface area contributed by atoms with E-state index in [1.165, 1.54) is 12.1 Å². The molecule has 1 amide bonds. The molecule has 4 aromatic rings. The number of fused-ring (bicyclic) bond motifs is 1. The summed E-state index contributed by atoms with van der Waals surface area (Å²) in [5.74, 6) is -0.475. The maximum atomic E-state index is 13.3. The van der Waals surface area contributed by atoms with Crippen LogP contribution < -0.4 is 5.32 Å². The standard InChI is InChI=1S/C23H15Cl2N3O3/c1-13-21(23(29)27-19-8-4-5-9-20(19)28(30)31)16-6-2-3-7-18(16)26-22(13)15-11-10-14(24)12-17(15)25/h2-12H,1H3,(H,27,29). The number of para-hydroxylation sites is 3. The highest BCUT2D eigenvalue weighted by atomic mass is 35.5. The second-order valence-corrected chi connectivity index (χ2v) is 7.67. The van der Waals surface area contributed by atoms with Gasteiger partial charge in [0.2, 0.25) is 0 Å². The molecule has 31 heavy (non-hydrogen) atoms. The van der Waals surface area contributed by atoms with Crippen molar-refractivity contribution < 1.29 is 9.72 Å². The van der Waals surface area contributed by atoms with Gasteiger partial charge in [-0.15, -0.1) is 0 Å². The van der Waals surface area contributed by atoms with Gasteiger partial charge in [0.25, 0.3) is 11.6 Å². The number of hydrogen-bond acceptors (Lipinski definition) is 4. The summed E-state index contributed by atoms with van der Waals surface area (Å²) in [5, 5.41) is 15.5. The predicted molar refractivity (Wildman–Crippen MR) is 123 cm³/mol. The predicted octanol–water partition coefficient (Wildman–Crippen LogP) is 6.68. The Morgan fingerprint density at radius 3 is 2.48 bits per heavy atom. The van der Waals surface area contributed by atoms with Crippen LogP contribution in [0.15, 0.2) is 66.7 Å². The third kappa shape index (κ3) is 3.95. The molecule has 1 heterocycles. The summed E-state index contributed by atoms with van der Waals surface area (Å²) in [6.45, 7) is 1.77. The highest BCUT2D eigenvalue weighted by Gasteiger charge is 2.22. The lowest BCUT2D eigenvalue weighted by Crippen LogP contribution is -2.16. The lowest BCUT2D eigenvalue weighted by Gasteiger charge is -2.15. The van der Waals surface area contributed by atoms with Gasteiger partial charge in [-0.1, -0.05) is 53.5 Å². The molecule has 0 unspecified atom stereocenters. The van der Waals surface area contributed by atoms with Crippen molar-refractivity contribution in [3.63, 3.8) is 0 Å². The van der Waals surface area contributed by atoms with Crippen molar-refractivity contribution in [2.24, 2.45) is 0 Å². The quantitative estimate of drug-likeness (QED) is 0.277. The Morgan fingerprint density at radius 1 is 1.03 bits per heavy atom. The summed E-state index contributed by atoms with van der Waals surface area (Å²) in [5.41, 5.74) is 2.66. The minimum atomic E-state index is -0.536. The topological polar surface area (TPSA) is 85.1 Å². The van der Waals surface area contributed by atoms with Crippen LogP contribution in [-0.2, 0) is 0 Å². The summed E-state index contributed by atoms with van der Waals surface area (Å²) >= 11 is 12.4. The van der Waals surface area contributed by atoms with Crippen LogP contribution >= 0.6 is 23.2 Å². The highest BCUT2D eigenvalue weighted by Crippen LogP contribution is 2.35. The van der Waals surface area contributed by atoms with E-state index >= 15 is 0 Å². The summed E-state index contributed by atoms with van der Waals surface area (Å²) in [4.78, 5) is 28.9. The Labute approximate surface area is 187 Å². The van der Waals surface area contributed by atoms with Crippen LogP contribution in [0.4, 0.5) is 11.4 Å². The zero-order valence-corrected chi connectivity index (χ0v) is 17.7. The first kappa shape index (κ1) is 20.8. The number of aromatic nitrogens is 1. The van der Waals surface area contributed by atoms with E-state index in [1.807, 2.05) is 6.07 Å². The van der Waals surface area contributed by atoms with Gasteiger partial charge in [-0.3, -0.25) is 14.9 Å². The smallest absolute Gasteiger partial charge is 0.292 e. The number of rotatable bonds is 4. The lowest BCUT2D eigenvalue weighted by atomic mass is 9.97. The van der Waals surface area contributed by atoms with Gasteiger partial charge < -0.3 is 5.32 Å². The molecule has 0 aliphatic carbocycles. The number of nitro benzene ring substituents is 1. The number of hydrogen-bond donors (Lipinski definition) is 1. The van der Waals surface area contributed by atoms with Crippen LogP contribution in [-0.4, -0.2) is 15.8 Å². The zero-order valence-electron chi connectivity index (χ0n) is 16.2. The normalized spacial score (nSPS) is 10.8. The van der Waals surface area contributed by atoms with Crippen molar-refractivity contribution in [2.45, 2.75) is 6.92 Å². The first-order valence-corrected chi connectivity index (χ1v) is 10.0. The van der Waals surface area contributed by atoms with Gasteiger partial charge >= 0.3 is 0 Å². The summed E-state index contributed by atoms with van der Waals surface area (Å²) in [7, 11) is 0. The molecule has 0 fully saturated rings. The Balaban J connectivity index is 1.90. The van der Waals surface area contributed by atoms with E-state index in [0.29, 0.717) is 43.3 Å². The van der Waals surface area contributed by atoms with Crippen LogP contribution in [0.1, 0.15) is 15.9 Å². The van der Waals surface area contributed by atoms with Gasteiger partial charge in [0.1, 0.15) is 5.69 Å². The van der Waals surface area contributed by atoms with Gasteiger partial charge in [0.05, 0.1) is 26.7 Å². The second-order valence-electron chi connectivity index (χ2n) is 6.83. The number of nitrogens with zero attached hydrogens (tertiary/aromatic N) is 2. The van der Waals surface area contributed by atoms with E-state index in [0.717, 1.165) is 0 Å². The molecule has 4 rings (SSSR count). The third-order valence-electron chi connectivity index (χ3n) is 4.90. The van der Waals surface area contributed by atoms with E-state index in [4.69, 9.17) is 28.2 Å². The first-order chi connectivity index (χ1) is 14.9. The van der Waals surface area contributed by atoms with Gasteiger partial charge in [-0.05, 0) is 42.8 Å². The van der Waals surface area contributed by atoms with Crippen molar-refractivity contribution >= 4 is 51.4 Å². The van der Waals surface area contributed by atoms with Crippen LogP contribution in [0.25, 0.3) is 22.2 Å². The molecule has 0 atom stereocenters. The fourth-order valence-corrected chi connectivity index (χ4v) is 3.96. The first-order valence-electron chi connectivity index (χ1n) is 9.26. The molecule has 0 saturated heterocycles. The molecule has 0 saturated carbocycles. The number of anilines is 1. The molecule has 6 nitrogen and oxygen atoms in total. The monoisotopic (exact) mass is 451 g/mol. The molecule has 154 valence electrons. The Bertz CT molecular complexity index is 1360. The number of carbonyl (C=O) groups is 1. The van der Waals surface area contributed by atoms with Crippen molar-refractivity contribution in [1.82, 2.24) is 4.98 Å². The van der Waals surface area contributed by atoms with E-state index in [9.17, 15) is 14.9 Å². The fraction of sp³-hybridized carbons (Fsp3) is 0.0435. The molecular formula is C23H15Cl2N3O3. The molecule has 0 spiro atoms. The Morgan fingerprint density at radius 2 is 1.74 bits per heavy atom. The van der Waals surface area contributed by atoms with Crippen LogP contribution in [0.3, 0.4) is 0 Å². The maximum Gasteiger partial charge on any atom is 0.292 e. The molecule has 8 heteroatoms. The van der Waals surface area contributed by atoms with Crippen molar-refractivity contribution in [3.05, 3.63) is 98.0 Å². The second kappa shape index (κ2) is 8.34. The summed E-state index contributed by atoms with van der Waals surface area (Å²) in [6, 6.07) is 18.3. The average Bonchev–Trinajstić information content (AvgIpc) is 2.74. The molecule has 0 aliphatic rings. The molecule has 1 aromatic heterocycles. The van der Waals surface area contributed by atoms with Gasteiger partial charge in [0, 0.05) is 22.0 Å². The molecule has 0 bridgehead atoms. The van der Waals surface area contributed by atoms with Crippen LogP contribution in [0.2, 0.25) is 10.0 Å². The number of nitrogens with one attached hydrogen (secondary N) is 1. The minimum Gasteiger partial charge on any atom is -0.316 e. The Kier molecular flexibility index (Phi) is 5.59.